The average molecular weight is 215 g/mol. The zero-order valence-corrected chi connectivity index (χ0v) is 10.5. The van der Waals surface area contributed by atoms with Gasteiger partial charge in [0, 0.05) is 6.04 Å². The van der Waals surface area contributed by atoms with E-state index in [1.54, 1.807) is 0 Å². The molecule has 0 aliphatic rings. The third-order valence-corrected chi connectivity index (χ3v) is 2.96. The molecule has 2 heteroatoms. The molecule has 15 heavy (non-hydrogen) atoms. The van der Waals surface area contributed by atoms with E-state index >= 15 is 0 Å². The molecule has 0 unspecified atom stereocenters. The lowest BCUT2D eigenvalue weighted by Gasteiger charge is -2.13. The number of nitrogens with two attached hydrogens (primary N) is 1. The molecule has 0 aliphatic carbocycles. The first-order valence-corrected chi connectivity index (χ1v) is 6.62. The molecule has 2 nitrogen and oxygen atoms in total. The van der Waals surface area contributed by atoms with Crippen LogP contribution in [0.5, 0.6) is 0 Å². The zero-order valence-electron chi connectivity index (χ0n) is 10.5. The topological polar surface area (TPSA) is 46.2 Å². The second-order valence-corrected chi connectivity index (χ2v) is 4.69. The van der Waals surface area contributed by atoms with E-state index in [9.17, 15) is 5.11 Å². The van der Waals surface area contributed by atoms with E-state index < -0.39 is 0 Å². The maximum Gasteiger partial charge on any atom is 0.0688 e. The van der Waals surface area contributed by atoms with Crippen LogP contribution in [-0.4, -0.2) is 17.3 Å². The SMILES string of the molecule is CCCCCCCCCC[C@@H](O)[C@H](C)N. The van der Waals surface area contributed by atoms with Gasteiger partial charge < -0.3 is 10.8 Å². The van der Waals surface area contributed by atoms with Crippen molar-refractivity contribution >= 4 is 0 Å². The predicted octanol–water partition coefficient (Wildman–Crippen LogP) is 3.23. The Labute approximate surface area is 95.3 Å². The van der Waals surface area contributed by atoms with Crippen molar-refractivity contribution in [3.8, 4) is 0 Å². The van der Waals surface area contributed by atoms with Gasteiger partial charge in [-0.2, -0.15) is 0 Å². The maximum absolute atomic E-state index is 9.47. The molecule has 0 aromatic rings. The molecule has 0 rings (SSSR count). The van der Waals surface area contributed by atoms with Crippen molar-refractivity contribution in [3.63, 3.8) is 0 Å². The van der Waals surface area contributed by atoms with Gasteiger partial charge in [-0.1, -0.05) is 58.3 Å². The normalized spacial score (nSPS) is 15.2. The molecule has 0 saturated heterocycles. The number of aliphatic hydroxyl groups is 1. The molecule has 0 amide bonds. The summed E-state index contributed by atoms with van der Waals surface area (Å²) in [5.41, 5.74) is 5.58. The Balaban J connectivity index is 3.05. The number of aliphatic hydroxyl groups excluding tert-OH is 1. The fraction of sp³-hybridized carbons (Fsp3) is 1.00. The van der Waals surface area contributed by atoms with Gasteiger partial charge in [-0.3, -0.25) is 0 Å². The first-order chi connectivity index (χ1) is 7.18. The van der Waals surface area contributed by atoms with E-state index in [1.807, 2.05) is 6.92 Å². The second-order valence-electron chi connectivity index (χ2n) is 4.69. The summed E-state index contributed by atoms with van der Waals surface area (Å²) in [7, 11) is 0. The Kier molecular flexibility index (Phi) is 10.4. The van der Waals surface area contributed by atoms with E-state index in [-0.39, 0.29) is 12.1 Å². The number of hydrogen-bond acceptors (Lipinski definition) is 2. The van der Waals surface area contributed by atoms with Gasteiger partial charge in [0.25, 0.3) is 0 Å². The van der Waals surface area contributed by atoms with Crippen molar-refractivity contribution in [2.75, 3.05) is 0 Å². The van der Waals surface area contributed by atoms with E-state index in [2.05, 4.69) is 6.92 Å². The average Bonchev–Trinajstić information content (AvgIpc) is 2.21. The van der Waals surface area contributed by atoms with Crippen LogP contribution in [0.25, 0.3) is 0 Å². The van der Waals surface area contributed by atoms with Crippen molar-refractivity contribution < 1.29 is 5.11 Å². The molecule has 0 heterocycles. The van der Waals surface area contributed by atoms with Crippen LogP contribution in [0.2, 0.25) is 0 Å². The fourth-order valence-electron chi connectivity index (χ4n) is 1.75. The smallest absolute Gasteiger partial charge is 0.0688 e. The van der Waals surface area contributed by atoms with Crippen LogP contribution < -0.4 is 5.73 Å². The van der Waals surface area contributed by atoms with Crippen molar-refractivity contribution in [1.82, 2.24) is 0 Å². The highest BCUT2D eigenvalue weighted by atomic mass is 16.3. The van der Waals surface area contributed by atoms with Gasteiger partial charge in [0.2, 0.25) is 0 Å². The molecule has 0 saturated carbocycles. The van der Waals surface area contributed by atoms with Gasteiger partial charge in [0.1, 0.15) is 0 Å². The third-order valence-electron chi connectivity index (χ3n) is 2.96. The molecule has 0 aromatic carbocycles. The minimum absolute atomic E-state index is 0.0745. The van der Waals surface area contributed by atoms with Crippen molar-refractivity contribution in [2.24, 2.45) is 5.73 Å². The Bertz CT molecular complexity index is 126. The van der Waals surface area contributed by atoms with Crippen molar-refractivity contribution in [1.29, 1.82) is 0 Å². The molecule has 0 aromatic heterocycles. The van der Waals surface area contributed by atoms with Gasteiger partial charge in [0.15, 0.2) is 0 Å². The summed E-state index contributed by atoms with van der Waals surface area (Å²) in [4.78, 5) is 0. The van der Waals surface area contributed by atoms with Gasteiger partial charge in [-0.05, 0) is 13.3 Å². The van der Waals surface area contributed by atoms with Crippen LogP contribution in [0.4, 0.5) is 0 Å². The van der Waals surface area contributed by atoms with Crippen LogP contribution in [0, 0.1) is 0 Å². The maximum atomic E-state index is 9.47. The number of unbranched alkanes of at least 4 members (excludes halogenated alkanes) is 7. The third kappa shape index (κ3) is 10.2. The highest BCUT2D eigenvalue weighted by molar-refractivity contribution is 4.65. The highest BCUT2D eigenvalue weighted by Gasteiger charge is 2.07. The molecular formula is C13H29NO. The predicted molar refractivity (Wildman–Crippen MR) is 66.9 cm³/mol. The van der Waals surface area contributed by atoms with E-state index in [1.165, 1.54) is 44.9 Å². The molecular weight excluding hydrogens is 186 g/mol. The van der Waals surface area contributed by atoms with Crippen LogP contribution >= 0.6 is 0 Å². The molecule has 0 spiro atoms. The largest absolute Gasteiger partial charge is 0.392 e. The molecule has 3 N–H and O–H groups in total. The molecule has 92 valence electrons. The minimum Gasteiger partial charge on any atom is -0.392 e. The molecule has 0 aliphatic heterocycles. The molecule has 0 bridgehead atoms. The fourth-order valence-corrected chi connectivity index (χ4v) is 1.75. The lowest BCUT2D eigenvalue weighted by atomic mass is 10.0. The van der Waals surface area contributed by atoms with Gasteiger partial charge in [-0.25, -0.2) is 0 Å². The van der Waals surface area contributed by atoms with Crippen molar-refractivity contribution in [3.05, 3.63) is 0 Å². The summed E-state index contributed by atoms with van der Waals surface area (Å²) in [5, 5.41) is 9.47. The van der Waals surface area contributed by atoms with Gasteiger partial charge in [-0.15, -0.1) is 0 Å². The molecule has 0 radical (unpaired) electrons. The first kappa shape index (κ1) is 14.9. The van der Waals surface area contributed by atoms with Gasteiger partial charge >= 0.3 is 0 Å². The van der Waals surface area contributed by atoms with E-state index in [4.69, 9.17) is 5.73 Å². The molecule has 0 fully saturated rings. The summed E-state index contributed by atoms with van der Waals surface area (Å²) < 4.78 is 0. The molecule has 2 atom stereocenters. The van der Waals surface area contributed by atoms with Crippen LogP contribution in [0.1, 0.15) is 71.6 Å². The summed E-state index contributed by atoms with van der Waals surface area (Å²) >= 11 is 0. The minimum atomic E-state index is -0.301. The summed E-state index contributed by atoms with van der Waals surface area (Å²) in [6, 6.07) is -0.0745. The Morgan fingerprint density at radius 1 is 0.933 bits per heavy atom. The standard InChI is InChI=1S/C13H29NO/c1-3-4-5-6-7-8-9-10-11-13(15)12(2)14/h12-13,15H,3-11,14H2,1-2H3/t12-,13+/m0/s1. The lowest BCUT2D eigenvalue weighted by molar-refractivity contribution is 0.138. The second kappa shape index (κ2) is 10.4. The number of hydrogen-bond donors (Lipinski definition) is 2. The Morgan fingerprint density at radius 3 is 1.87 bits per heavy atom. The van der Waals surface area contributed by atoms with Crippen LogP contribution in [-0.2, 0) is 0 Å². The summed E-state index contributed by atoms with van der Waals surface area (Å²) in [5.74, 6) is 0. The number of rotatable bonds is 10. The Hall–Kier alpha value is -0.0800. The van der Waals surface area contributed by atoms with E-state index in [0.717, 1.165) is 12.8 Å². The van der Waals surface area contributed by atoms with Crippen molar-refractivity contribution in [2.45, 2.75) is 83.8 Å². The quantitative estimate of drug-likeness (QED) is 0.550. The summed E-state index contributed by atoms with van der Waals surface area (Å²) in [6.45, 7) is 4.12. The first-order valence-electron chi connectivity index (χ1n) is 6.62. The van der Waals surface area contributed by atoms with Crippen LogP contribution in [0.15, 0.2) is 0 Å². The Morgan fingerprint density at radius 2 is 1.40 bits per heavy atom. The van der Waals surface area contributed by atoms with E-state index in [0.29, 0.717) is 0 Å². The zero-order chi connectivity index (χ0) is 11.5. The lowest BCUT2D eigenvalue weighted by Crippen LogP contribution is -2.31. The van der Waals surface area contributed by atoms with Gasteiger partial charge in [0.05, 0.1) is 6.10 Å². The highest BCUT2D eigenvalue weighted by Crippen LogP contribution is 2.11. The summed E-state index contributed by atoms with van der Waals surface area (Å²) in [6.07, 6.45) is 11.1. The van der Waals surface area contributed by atoms with Crippen LogP contribution in [0.3, 0.4) is 0 Å². The monoisotopic (exact) mass is 215 g/mol.